The summed E-state index contributed by atoms with van der Waals surface area (Å²) in [6.45, 7) is 4.98. The second-order valence-electron chi connectivity index (χ2n) is 4.21. The monoisotopic (exact) mass is 276 g/mol. The van der Waals surface area contributed by atoms with Crippen LogP contribution in [-0.2, 0) is 9.05 Å². The normalized spacial score (nSPS) is 12.6. The molecule has 0 aromatic carbocycles. The van der Waals surface area contributed by atoms with E-state index in [9.17, 15) is 0 Å². The van der Waals surface area contributed by atoms with Crippen LogP contribution >= 0.6 is 7.94 Å². The number of rotatable bonds is 10. The summed E-state index contributed by atoms with van der Waals surface area (Å²) in [6.07, 6.45) is 10.2. The molecule has 0 bridgehead atoms. The number of unbranched alkanes of at least 4 members (excludes halogenated alkanes) is 2. The Balaban J connectivity index is 2.63. The molecule has 0 saturated carbocycles. The summed E-state index contributed by atoms with van der Waals surface area (Å²) in [4.78, 5) is 3.97. The van der Waals surface area contributed by atoms with Gasteiger partial charge in [0.25, 0.3) is 0 Å². The van der Waals surface area contributed by atoms with E-state index in [1.54, 1.807) is 30.6 Å². The first kappa shape index (κ1) is 15.4. The van der Waals surface area contributed by atoms with Gasteiger partial charge in [-0.1, -0.05) is 0 Å². The Morgan fingerprint density at radius 1 is 1.22 bits per heavy atom. The molecule has 0 atom stereocenters. The van der Waals surface area contributed by atoms with Crippen molar-refractivity contribution in [3.63, 3.8) is 0 Å². The van der Waals surface area contributed by atoms with Crippen molar-refractivity contribution in [2.75, 3.05) is 19.9 Å². The van der Waals surface area contributed by atoms with Crippen LogP contribution < -0.4 is 4.62 Å². The zero-order chi connectivity index (χ0) is 13.3. The van der Waals surface area contributed by atoms with Gasteiger partial charge in [-0.2, -0.15) is 0 Å². The van der Waals surface area contributed by atoms with Crippen molar-refractivity contribution in [1.82, 2.24) is 9.71 Å². The van der Waals surface area contributed by atoms with Gasteiger partial charge in [-0.3, -0.25) is 0 Å². The molecule has 0 radical (unpaired) electrons. The first-order chi connectivity index (χ1) is 8.76. The van der Waals surface area contributed by atoms with E-state index in [4.69, 9.17) is 13.7 Å². The fraction of sp³-hybridized carbons (Fsp3) is 0.750. The molecule has 1 rings (SSSR count). The van der Waals surface area contributed by atoms with Crippen LogP contribution in [0.15, 0.2) is 18.7 Å². The second kappa shape index (κ2) is 8.46. The third-order valence-electron chi connectivity index (χ3n) is 2.69. The van der Waals surface area contributed by atoms with Gasteiger partial charge >= 0.3 is 109 Å². The van der Waals surface area contributed by atoms with Crippen LogP contribution in [0.5, 0.6) is 0 Å². The van der Waals surface area contributed by atoms with Gasteiger partial charge in [0.05, 0.1) is 0 Å². The summed E-state index contributed by atoms with van der Waals surface area (Å²) >= 11 is 0. The Hall–Kier alpha value is -0.640. The summed E-state index contributed by atoms with van der Waals surface area (Å²) in [6, 6.07) is 0. The Morgan fingerprint density at radius 3 is 2.56 bits per heavy atom. The molecule has 18 heavy (non-hydrogen) atoms. The van der Waals surface area contributed by atoms with Crippen molar-refractivity contribution in [2.24, 2.45) is 0 Å². The van der Waals surface area contributed by atoms with Gasteiger partial charge in [0, 0.05) is 0 Å². The van der Waals surface area contributed by atoms with Gasteiger partial charge < -0.3 is 0 Å². The number of hydrogen-bond acceptors (Lipinski definition) is 4. The molecule has 0 fully saturated rings. The van der Waals surface area contributed by atoms with Gasteiger partial charge in [-0.15, -0.1) is 0 Å². The third kappa shape index (κ3) is 4.92. The molecule has 0 saturated heterocycles. The van der Waals surface area contributed by atoms with Crippen LogP contribution in [0.4, 0.5) is 0 Å². The molecule has 1 aromatic rings. The zero-order valence-electron chi connectivity index (χ0n) is 11.6. The van der Waals surface area contributed by atoms with Gasteiger partial charge in [0.2, 0.25) is 0 Å². The van der Waals surface area contributed by atoms with E-state index >= 15 is 0 Å². The van der Waals surface area contributed by atoms with E-state index in [1.165, 1.54) is 0 Å². The molecule has 6 heteroatoms. The summed E-state index contributed by atoms with van der Waals surface area (Å²) in [5.41, 5.74) is 0. The Labute approximate surface area is 110 Å². The minimum atomic E-state index is -2.61. The topological polar surface area (TPSA) is 45.5 Å². The maximum absolute atomic E-state index is 5.94. The SMILES string of the molecule is CCCCO[PH](CCCC)(OC)On1ccnc1. The number of imidazole rings is 1. The first-order valence-electron chi connectivity index (χ1n) is 6.63. The minimum absolute atomic E-state index is 0.689. The van der Waals surface area contributed by atoms with Crippen LogP contribution in [0.25, 0.3) is 0 Å². The fourth-order valence-corrected chi connectivity index (χ4v) is 3.93. The summed E-state index contributed by atoms with van der Waals surface area (Å²) < 4.78 is 19.0. The quantitative estimate of drug-likeness (QED) is 0.486. The summed E-state index contributed by atoms with van der Waals surface area (Å²) in [7, 11) is -0.938. The van der Waals surface area contributed by atoms with Crippen molar-refractivity contribution in [2.45, 2.75) is 39.5 Å². The third-order valence-corrected chi connectivity index (χ3v) is 5.41. The Kier molecular flexibility index (Phi) is 7.25. The standard InChI is InChI=1S/C12H25N2O3P/c1-4-6-10-16-18(15-3,11-7-5-2)17-14-9-8-13-12-14/h8-9,12,18H,4-7,10-11H2,1-3H3. The second-order valence-corrected chi connectivity index (χ2v) is 6.95. The molecule has 106 valence electrons. The van der Waals surface area contributed by atoms with Gasteiger partial charge in [-0.05, 0) is 0 Å². The number of nitrogens with zero attached hydrogens (tertiary/aromatic N) is 2. The van der Waals surface area contributed by atoms with Crippen LogP contribution in [-0.4, -0.2) is 29.6 Å². The first-order valence-corrected chi connectivity index (χ1v) is 8.56. The van der Waals surface area contributed by atoms with E-state index in [2.05, 4.69) is 18.8 Å². The average molecular weight is 276 g/mol. The van der Waals surface area contributed by atoms with Crippen molar-refractivity contribution in [1.29, 1.82) is 0 Å². The van der Waals surface area contributed by atoms with Crippen LogP contribution in [0.2, 0.25) is 0 Å². The Bertz CT molecular complexity index is 308. The number of aromatic nitrogens is 2. The summed E-state index contributed by atoms with van der Waals surface area (Å²) in [5.74, 6) is 0. The molecular formula is C12H25N2O3P. The van der Waals surface area contributed by atoms with Crippen LogP contribution in [0.1, 0.15) is 39.5 Å². The van der Waals surface area contributed by atoms with E-state index in [0.717, 1.165) is 31.8 Å². The molecule has 0 aliphatic heterocycles. The number of hydrogen-bond donors (Lipinski definition) is 0. The van der Waals surface area contributed by atoms with E-state index < -0.39 is 7.94 Å². The fourth-order valence-electron chi connectivity index (χ4n) is 1.57. The molecule has 1 heterocycles. The molecule has 0 aliphatic rings. The van der Waals surface area contributed by atoms with E-state index in [1.807, 2.05) is 0 Å². The molecule has 0 N–H and O–H groups in total. The van der Waals surface area contributed by atoms with Crippen LogP contribution in [0, 0.1) is 0 Å². The molecule has 0 aliphatic carbocycles. The maximum atomic E-state index is 5.94. The summed E-state index contributed by atoms with van der Waals surface area (Å²) in [5, 5.41) is 0. The van der Waals surface area contributed by atoms with Gasteiger partial charge in [-0.25, -0.2) is 0 Å². The molecular weight excluding hydrogens is 251 g/mol. The molecule has 5 nitrogen and oxygen atoms in total. The molecule has 1 aromatic heterocycles. The average Bonchev–Trinajstić information content (AvgIpc) is 2.89. The van der Waals surface area contributed by atoms with Gasteiger partial charge in [0.1, 0.15) is 0 Å². The van der Waals surface area contributed by atoms with Crippen molar-refractivity contribution >= 4 is 7.94 Å². The predicted molar refractivity (Wildman–Crippen MR) is 74.8 cm³/mol. The van der Waals surface area contributed by atoms with E-state index in [0.29, 0.717) is 6.61 Å². The zero-order valence-corrected chi connectivity index (χ0v) is 12.6. The van der Waals surface area contributed by atoms with E-state index in [-0.39, 0.29) is 0 Å². The molecule has 0 amide bonds. The van der Waals surface area contributed by atoms with Crippen molar-refractivity contribution in [3.05, 3.63) is 18.7 Å². The Morgan fingerprint density at radius 2 is 2.00 bits per heavy atom. The van der Waals surface area contributed by atoms with Crippen LogP contribution in [0.3, 0.4) is 0 Å². The molecule has 0 spiro atoms. The van der Waals surface area contributed by atoms with Crippen molar-refractivity contribution < 1.29 is 13.7 Å². The van der Waals surface area contributed by atoms with Gasteiger partial charge in [0.15, 0.2) is 0 Å². The van der Waals surface area contributed by atoms with Crippen molar-refractivity contribution in [3.8, 4) is 0 Å². The molecule has 0 unspecified atom stereocenters. The predicted octanol–water partition coefficient (Wildman–Crippen LogP) is 3.07.